The lowest BCUT2D eigenvalue weighted by Gasteiger charge is -2.35. The van der Waals surface area contributed by atoms with E-state index in [-0.39, 0.29) is 41.5 Å². The zero-order valence-corrected chi connectivity index (χ0v) is 18.6. The van der Waals surface area contributed by atoms with Crippen molar-refractivity contribution >= 4 is 17.4 Å². The zero-order valence-electron chi connectivity index (χ0n) is 18.6. The van der Waals surface area contributed by atoms with Gasteiger partial charge in [-0.15, -0.1) is 0 Å². The third kappa shape index (κ3) is 4.90. The maximum Gasteiger partial charge on any atom is 0.230 e. The fourth-order valence-corrected chi connectivity index (χ4v) is 4.54. The lowest BCUT2D eigenvalue weighted by atomic mass is 9.97. The number of phenolic OH excluding ortho intramolecular Hbond substituents is 1. The van der Waals surface area contributed by atoms with Gasteiger partial charge in [0.25, 0.3) is 0 Å². The first kappa shape index (κ1) is 22.5. The average Bonchev–Trinajstić information content (AvgIpc) is 3.16. The van der Waals surface area contributed by atoms with Crippen LogP contribution in [-0.2, 0) is 4.79 Å². The van der Waals surface area contributed by atoms with E-state index < -0.39 is 0 Å². The molecule has 2 aromatic carbocycles. The first-order valence-corrected chi connectivity index (χ1v) is 11.2. The third-order valence-electron chi connectivity index (χ3n) is 6.23. The monoisotopic (exact) mass is 447 g/mol. The molecule has 1 aliphatic carbocycles. The summed E-state index contributed by atoms with van der Waals surface area (Å²) in [5.74, 6) is 0.364. The van der Waals surface area contributed by atoms with Crippen LogP contribution < -0.4 is 16.2 Å². The van der Waals surface area contributed by atoms with Crippen LogP contribution in [0.1, 0.15) is 46.7 Å². The molecule has 1 aliphatic heterocycles. The normalized spacial score (nSPS) is 18.7. The van der Waals surface area contributed by atoms with Crippen molar-refractivity contribution in [3.63, 3.8) is 0 Å². The molecule has 8 nitrogen and oxygen atoms in total. The number of para-hydroxylation sites is 1. The summed E-state index contributed by atoms with van der Waals surface area (Å²) in [6.45, 7) is 1.21. The summed E-state index contributed by atoms with van der Waals surface area (Å²) < 4.78 is 0. The second-order valence-electron chi connectivity index (χ2n) is 8.37. The van der Waals surface area contributed by atoms with Gasteiger partial charge >= 0.3 is 0 Å². The van der Waals surface area contributed by atoms with E-state index in [4.69, 9.17) is 5.41 Å². The molecule has 1 fully saturated rings. The minimum atomic E-state index is -0.376. The molecule has 0 radical (unpaired) electrons. The summed E-state index contributed by atoms with van der Waals surface area (Å²) in [6.07, 6.45) is 3.38. The van der Waals surface area contributed by atoms with Crippen LogP contribution in [0.2, 0.25) is 0 Å². The molecular formula is C25H29N5O3. The topological polar surface area (TPSA) is 118 Å². The number of allylic oxidation sites excluding steroid dienone is 1. The minimum Gasteiger partial charge on any atom is -0.507 e. The Morgan fingerprint density at radius 2 is 1.82 bits per heavy atom. The Morgan fingerprint density at radius 3 is 2.55 bits per heavy atom. The van der Waals surface area contributed by atoms with Gasteiger partial charge in [0.05, 0.1) is 11.6 Å². The van der Waals surface area contributed by atoms with Gasteiger partial charge in [-0.3, -0.25) is 15.0 Å². The van der Waals surface area contributed by atoms with Crippen LogP contribution in [0.4, 0.5) is 0 Å². The number of rotatable bonds is 7. The predicted molar refractivity (Wildman–Crippen MR) is 126 cm³/mol. The molecule has 4 rings (SSSR count). The number of hydrazine groups is 1. The molecule has 1 amide bonds. The van der Waals surface area contributed by atoms with Gasteiger partial charge in [-0.05, 0) is 30.5 Å². The second kappa shape index (κ2) is 9.87. The van der Waals surface area contributed by atoms with Gasteiger partial charge < -0.3 is 20.7 Å². The van der Waals surface area contributed by atoms with E-state index in [0.717, 1.165) is 18.4 Å². The van der Waals surface area contributed by atoms with E-state index in [0.29, 0.717) is 30.0 Å². The summed E-state index contributed by atoms with van der Waals surface area (Å²) in [5.41, 5.74) is 8.02. The molecule has 1 heterocycles. The van der Waals surface area contributed by atoms with Gasteiger partial charge in [-0.2, -0.15) is 0 Å². The van der Waals surface area contributed by atoms with E-state index in [2.05, 4.69) is 16.2 Å². The van der Waals surface area contributed by atoms with Crippen LogP contribution in [0, 0.1) is 5.41 Å². The lowest BCUT2D eigenvalue weighted by molar-refractivity contribution is -0.133. The van der Waals surface area contributed by atoms with Crippen molar-refractivity contribution < 1.29 is 14.7 Å². The molecule has 2 aliphatic rings. The number of fused-ring (bicyclic) bond motifs is 1. The molecule has 0 bridgehead atoms. The van der Waals surface area contributed by atoms with Gasteiger partial charge in [0.1, 0.15) is 11.6 Å². The first-order chi connectivity index (χ1) is 16.0. The molecule has 0 spiro atoms. The predicted octanol–water partition coefficient (Wildman–Crippen LogP) is 2.28. The number of aromatic hydroxyl groups is 1. The van der Waals surface area contributed by atoms with Gasteiger partial charge in [0.2, 0.25) is 5.91 Å². The Hall–Kier alpha value is -3.65. The smallest absolute Gasteiger partial charge is 0.230 e. The SMILES string of the molecule is CNN/C(=C\C(=N)c1ccccc1O)NC1CCN(C(=O)C2CC(=O)c3ccccc32)CC1. The number of carbonyl (C=O) groups is 2. The maximum atomic E-state index is 13.1. The summed E-state index contributed by atoms with van der Waals surface area (Å²) in [6, 6.07) is 14.3. The lowest BCUT2D eigenvalue weighted by Crippen LogP contribution is -2.48. The molecule has 1 unspecified atom stereocenters. The van der Waals surface area contributed by atoms with Crippen molar-refractivity contribution in [2.45, 2.75) is 31.2 Å². The number of amides is 1. The highest BCUT2D eigenvalue weighted by Gasteiger charge is 2.37. The largest absolute Gasteiger partial charge is 0.507 e. The number of nitrogens with zero attached hydrogens (tertiary/aromatic N) is 1. The van der Waals surface area contributed by atoms with E-state index in [1.165, 1.54) is 0 Å². The number of benzene rings is 2. The molecule has 8 heteroatoms. The van der Waals surface area contributed by atoms with Crippen molar-refractivity contribution in [2.75, 3.05) is 20.1 Å². The molecule has 5 N–H and O–H groups in total. The van der Waals surface area contributed by atoms with Crippen molar-refractivity contribution in [3.05, 3.63) is 77.1 Å². The quantitative estimate of drug-likeness (QED) is 0.328. The highest BCUT2D eigenvalue weighted by molar-refractivity contribution is 6.08. The van der Waals surface area contributed by atoms with E-state index in [9.17, 15) is 14.7 Å². The fraction of sp³-hybridized carbons (Fsp3) is 0.320. The number of hydrogen-bond acceptors (Lipinski definition) is 7. The highest BCUT2D eigenvalue weighted by atomic mass is 16.3. The fourth-order valence-electron chi connectivity index (χ4n) is 4.54. The molecule has 0 saturated carbocycles. The molecular weight excluding hydrogens is 418 g/mol. The van der Waals surface area contributed by atoms with Crippen molar-refractivity contribution in [1.82, 2.24) is 21.1 Å². The number of Topliss-reactive ketones (excluding diaryl/α,β-unsaturated/α-hetero) is 1. The van der Waals surface area contributed by atoms with Crippen LogP contribution in [0.15, 0.2) is 60.4 Å². The molecule has 2 aromatic rings. The number of likely N-dealkylation sites (tertiary alicyclic amines) is 1. The van der Waals surface area contributed by atoms with Crippen LogP contribution in [0.3, 0.4) is 0 Å². The zero-order chi connectivity index (χ0) is 23.4. The molecule has 33 heavy (non-hydrogen) atoms. The highest BCUT2D eigenvalue weighted by Crippen LogP contribution is 2.34. The Balaban J connectivity index is 1.37. The Bertz CT molecular complexity index is 1090. The molecule has 1 saturated heterocycles. The van der Waals surface area contributed by atoms with E-state index in [1.807, 2.05) is 23.1 Å². The second-order valence-corrected chi connectivity index (χ2v) is 8.37. The third-order valence-corrected chi connectivity index (χ3v) is 6.23. The Morgan fingerprint density at radius 1 is 1.12 bits per heavy atom. The van der Waals surface area contributed by atoms with Gasteiger partial charge in [-0.25, -0.2) is 5.43 Å². The number of carbonyl (C=O) groups excluding carboxylic acids is 2. The summed E-state index contributed by atoms with van der Waals surface area (Å²) in [7, 11) is 1.74. The van der Waals surface area contributed by atoms with Crippen molar-refractivity contribution in [2.24, 2.45) is 0 Å². The summed E-state index contributed by atoms with van der Waals surface area (Å²) >= 11 is 0. The van der Waals surface area contributed by atoms with Crippen LogP contribution >= 0.6 is 0 Å². The first-order valence-electron chi connectivity index (χ1n) is 11.2. The summed E-state index contributed by atoms with van der Waals surface area (Å²) in [5, 5.41) is 21.7. The van der Waals surface area contributed by atoms with Gasteiger partial charge in [0, 0.05) is 49.8 Å². The molecule has 0 aromatic heterocycles. The Labute approximate surface area is 193 Å². The number of hydrogen-bond donors (Lipinski definition) is 5. The Kier molecular flexibility index (Phi) is 6.74. The summed E-state index contributed by atoms with van der Waals surface area (Å²) in [4.78, 5) is 27.3. The van der Waals surface area contributed by atoms with Crippen LogP contribution in [-0.4, -0.2) is 53.6 Å². The number of piperidine rings is 1. The van der Waals surface area contributed by atoms with E-state index >= 15 is 0 Å². The standard InChI is InChI=1S/C25H29N5O3/c1-27-29-24(15-21(26)19-8-4-5-9-22(19)31)28-16-10-12-30(13-11-16)25(33)20-14-23(32)18-7-3-2-6-17(18)20/h2-9,15-16,20,26-29,31H,10-14H2,1H3/b24-15-,26-21?. The van der Waals surface area contributed by atoms with Gasteiger partial charge in [-0.1, -0.05) is 36.4 Å². The molecule has 172 valence electrons. The van der Waals surface area contributed by atoms with Gasteiger partial charge in [0.15, 0.2) is 5.78 Å². The van der Waals surface area contributed by atoms with Crippen LogP contribution in [0.25, 0.3) is 0 Å². The number of phenols is 1. The van der Waals surface area contributed by atoms with Crippen LogP contribution in [0.5, 0.6) is 5.75 Å². The maximum absolute atomic E-state index is 13.1. The molecule has 1 atom stereocenters. The van der Waals surface area contributed by atoms with E-state index in [1.54, 1.807) is 43.5 Å². The number of ketones is 1. The van der Waals surface area contributed by atoms with Crippen molar-refractivity contribution in [1.29, 1.82) is 5.41 Å². The minimum absolute atomic E-state index is 0.0252. The average molecular weight is 448 g/mol. The number of nitrogens with one attached hydrogen (secondary N) is 4. The van der Waals surface area contributed by atoms with Crippen molar-refractivity contribution in [3.8, 4) is 5.75 Å².